The number of carbonyl (C=O) groups excluding carboxylic acids is 2. The second kappa shape index (κ2) is 9.62. The topological polar surface area (TPSA) is 97.6 Å². The second-order valence-corrected chi connectivity index (χ2v) is 8.05. The first-order valence-corrected chi connectivity index (χ1v) is 10.8. The van der Waals surface area contributed by atoms with Crippen molar-refractivity contribution in [2.24, 2.45) is 0 Å². The Morgan fingerprint density at radius 2 is 1.59 bits per heavy atom. The number of ether oxygens (including phenoxy) is 1. The third-order valence-electron chi connectivity index (χ3n) is 5.31. The van der Waals surface area contributed by atoms with Crippen LogP contribution in [0.5, 0.6) is 5.75 Å². The van der Waals surface area contributed by atoms with E-state index in [4.69, 9.17) is 9.15 Å². The van der Waals surface area contributed by atoms with Crippen molar-refractivity contribution in [2.75, 3.05) is 6.61 Å². The summed E-state index contributed by atoms with van der Waals surface area (Å²) in [4.78, 5) is 38.0. The molecule has 0 bridgehead atoms. The van der Waals surface area contributed by atoms with Crippen molar-refractivity contribution in [1.82, 2.24) is 10.9 Å². The van der Waals surface area contributed by atoms with E-state index in [9.17, 15) is 14.4 Å². The molecule has 0 aliphatic carbocycles. The fraction of sp³-hybridized carbons (Fsp3) is 0.148. The van der Waals surface area contributed by atoms with E-state index < -0.39 is 11.8 Å². The Hall–Kier alpha value is -4.39. The van der Waals surface area contributed by atoms with Crippen molar-refractivity contribution in [2.45, 2.75) is 20.8 Å². The van der Waals surface area contributed by atoms with Crippen LogP contribution in [0.3, 0.4) is 0 Å². The van der Waals surface area contributed by atoms with E-state index in [0.29, 0.717) is 17.1 Å². The molecule has 0 aliphatic rings. The van der Waals surface area contributed by atoms with Gasteiger partial charge >= 0.3 is 0 Å². The minimum Gasteiger partial charge on any atom is -0.484 e. The standard InChI is InChI=1S/C27H24N2O5/c1-16-12-17(2)14-20(13-16)33-15-23(30)28-29-27(32)22-11-7-10-21-24(31)18(3)25(34-26(21)22)19-8-5-4-6-9-19/h4-14H,15H2,1-3H3,(H,28,30)(H,29,32). The molecule has 0 radical (unpaired) electrons. The predicted molar refractivity (Wildman–Crippen MR) is 130 cm³/mol. The van der Waals surface area contributed by atoms with Gasteiger partial charge in [0.05, 0.1) is 10.9 Å². The van der Waals surface area contributed by atoms with Crippen molar-refractivity contribution in [3.05, 3.63) is 99.2 Å². The Morgan fingerprint density at radius 3 is 2.29 bits per heavy atom. The number of nitrogens with one attached hydrogen (secondary N) is 2. The normalized spacial score (nSPS) is 10.7. The van der Waals surface area contributed by atoms with Crippen molar-refractivity contribution in [1.29, 1.82) is 0 Å². The van der Waals surface area contributed by atoms with Crippen LogP contribution in [0, 0.1) is 20.8 Å². The SMILES string of the molecule is Cc1cc(C)cc(OCC(=O)NNC(=O)c2cccc3c(=O)c(C)c(-c4ccccc4)oc23)c1. The highest BCUT2D eigenvalue weighted by atomic mass is 16.5. The molecule has 0 fully saturated rings. The summed E-state index contributed by atoms with van der Waals surface area (Å²) in [6.45, 7) is 5.29. The zero-order valence-corrected chi connectivity index (χ0v) is 19.1. The average molecular weight is 456 g/mol. The van der Waals surface area contributed by atoms with Gasteiger partial charge in [0.15, 0.2) is 17.6 Å². The number of hydrogen-bond acceptors (Lipinski definition) is 5. The Labute approximate surface area is 196 Å². The largest absolute Gasteiger partial charge is 0.484 e. The Kier molecular flexibility index (Phi) is 6.45. The van der Waals surface area contributed by atoms with Gasteiger partial charge in [-0.25, -0.2) is 0 Å². The molecule has 4 aromatic rings. The summed E-state index contributed by atoms with van der Waals surface area (Å²) in [5, 5.41) is 0.286. The number of benzene rings is 3. The zero-order valence-electron chi connectivity index (χ0n) is 19.1. The Bertz CT molecular complexity index is 1420. The molecular formula is C27H24N2O5. The van der Waals surface area contributed by atoms with Gasteiger partial charge in [0, 0.05) is 11.1 Å². The van der Waals surface area contributed by atoms with Crippen LogP contribution in [0.2, 0.25) is 0 Å². The highest BCUT2D eigenvalue weighted by Gasteiger charge is 2.18. The van der Waals surface area contributed by atoms with Crippen molar-refractivity contribution in [3.63, 3.8) is 0 Å². The van der Waals surface area contributed by atoms with Crippen LogP contribution in [0.15, 0.2) is 75.9 Å². The monoisotopic (exact) mass is 456 g/mol. The lowest BCUT2D eigenvalue weighted by molar-refractivity contribution is -0.123. The second-order valence-electron chi connectivity index (χ2n) is 8.05. The number of rotatable bonds is 5. The summed E-state index contributed by atoms with van der Waals surface area (Å²) >= 11 is 0. The number of fused-ring (bicyclic) bond motifs is 1. The fourth-order valence-corrected chi connectivity index (χ4v) is 3.75. The van der Waals surface area contributed by atoms with Crippen LogP contribution in [0.25, 0.3) is 22.3 Å². The van der Waals surface area contributed by atoms with Crippen LogP contribution in [0.4, 0.5) is 0 Å². The first-order chi connectivity index (χ1) is 16.3. The van der Waals surface area contributed by atoms with Gasteiger partial charge in [0.25, 0.3) is 11.8 Å². The predicted octanol–water partition coefficient (Wildman–Crippen LogP) is 4.23. The molecule has 0 unspecified atom stereocenters. The summed E-state index contributed by atoms with van der Waals surface area (Å²) in [6.07, 6.45) is 0. The van der Waals surface area contributed by atoms with E-state index in [-0.39, 0.29) is 28.6 Å². The van der Waals surface area contributed by atoms with Gasteiger partial charge in [-0.2, -0.15) is 0 Å². The molecule has 3 aromatic carbocycles. The Balaban J connectivity index is 1.52. The van der Waals surface area contributed by atoms with E-state index in [1.54, 1.807) is 19.1 Å². The van der Waals surface area contributed by atoms with Gasteiger partial charge in [0.2, 0.25) is 0 Å². The van der Waals surface area contributed by atoms with Crippen molar-refractivity contribution in [3.8, 4) is 17.1 Å². The molecule has 0 saturated heterocycles. The molecule has 2 amide bonds. The van der Waals surface area contributed by atoms with Gasteiger partial charge in [-0.15, -0.1) is 0 Å². The van der Waals surface area contributed by atoms with Crippen LogP contribution >= 0.6 is 0 Å². The van der Waals surface area contributed by atoms with Crippen molar-refractivity contribution < 1.29 is 18.7 Å². The molecule has 1 heterocycles. The van der Waals surface area contributed by atoms with Crippen LogP contribution in [-0.2, 0) is 4.79 Å². The summed E-state index contributed by atoms with van der Waals surface area (Å²) in [7, 11) is 0. The van der Waals surface area contributed by atoms with Crippen molar-refractivity contribution >= 4 is 22.8 Å². The van der Waals surface area contributed by atoms with E-state index in [1.807, 2.05) is 62.4 Å². The summed E-state index contributed by atoms with van der Waals surface area (Å²) in [5.41, 5.74) is 7.97. The van der Waals surface area contributed by atoms with Crippen LogP contribution < -0.4 is 21.0 Å². The maximum Gasteiger partial charge on any atom is 0.276 e. The van der Waals surface area contributed by atoms with E-state index in [0.717, 1.165) is 16.7 Å². The van der Waals surface area contributed by atoms with Crippen LogP contribution in [0.1, 0.15) is 27.0 Å². The van der Waals surface area contributed by atoms with Gasteiger partial charge in [0.1, 0.15) is 11.5 Å². The first-order valence-electron chi connectivity index (χ1n) is 10.8. The molecule has 0 spiro atoms. The van der Waals surface area contributed by atoms with Gasteiger partial charge < -0.3 is 9.15 Å². The van der Waals surface area contributed by atoms with Gasteiger partial charge in [-0.3, -0.25) is 25.2 Å². The Morgan fingerprint density at radius 1 is 0.882 bits per heavy atom. The highest BCUT2D eigenvalue weighted by Crippen LogP contribution is 2.27. The summed E-state index contributed by atoms with van der Waals surface area (Å²) < 4.78 is 11.6. The van der Waals surface area contributed by atoms with Gasteiger partial charge in [-0.05, 0) is 56.2 Å². The molecule has 172 valence electrons. The third kappa shape index (κ3) is 4.83. The van der Waals surface area contributed by atoms with Crippen LogP contribution in [-0.4, -0.2) is 18.4 Å². The van der Waals surface area contributed by atoms with E-state index >= 15 is 0 Å². The maximum atomic E-state index is 13.0. The lowest BCUT2D eigenvalue weighted by atomic mass is 10.0. The molecular weight excluding hydrogens is 432 g/mol. The average Bonchev–Trinajstić information content (AvgIpc) is 2.83. The first kappa shape index (κ1) is 22.8. The van der Waals surface area contributed by atoms with E-state index in [1.165, 1.54) is 6.07 Å². The number of hydrazine groups is 1. The zero-order chi connectivity index (χ0) is 24.2. The molecule has 7 nitrogen and oxygen atoms in total. The number of para-hydroxylation sites is 1. The number of hydrogen-bond donors (Lipinski definition) is 2. The van der Waals surface area contributed by atoms with E-state index in [2.05, 4.69) is 10.9 Å². The molecule has 4 rings (SSSR count). The summed E-state index contributed by atoms with van der Waals surface area (Å²) in [6, 6.07) is 19.6. The molecule has 34 heavy (non-hydrogen) atoms. The molecule has 1 aromatic heterocycles. The number of aryl methyl sites for hydroxylation is 2. The lowest BCUT2D eigenvalue weighted by Gasteiger charge is -2.12. The molecule has 0 atom stereocenters. The minimum absolute atomic E-state index is 0.127. The lowest BCUT2D eigenvalue weighted by Crippen LogP contribution is -2.43. The number of carbonyl (C=O) groups is 2. The third-order valence-corrected chi connectivity index (χ3v) is 5.31. The molecule has 0 aliphatic heterocycles. The fourth-order valence-electron chi connectivity index (χ4n) is 3.75. The minimum atomic E-state index is -0.614. The smallest absolute Gasteiger partial charge is 0.276 e. The molecule has 0 saturated carbocycles. The quantitative estimate of drug-likeness (QED) is 0.438. The molecule has 7 heteroatoms. The van der Waals surface area contributed by atoms with Gasteiger partial charge in [-0.1, -0.05) is 42.5 Å². The maximum absolute atomic E-state index is 13.0. The number of amides is 2. The summed E-state index contributed by atoms with van der Waals surface area (Å²) in [5.74, 6) is -0.186. The highest BCUT2D eigenvalue weighted by molar-refractivity contribution is 6.05. The molecule has 2 N–H and O–H groups in total.